The lowest BCUT2D eigenvalue weighted by atomic mass is 9.85. The monoisotopic (exact) mass is 512 g/mol. The number of carbonyl (C=O) groups excluding carboxylic acids is 1. The van der Waals surface area contributed by atoms with Gasteiger partial charge in [0, 0.05) is 5.92 Å². The average Bonchev–Trinajstić information content (AvgIpc) is 3.56. The van der Waals surface area contributed by atoms with E-state index in [0.717, 1.165) is 0 Å². The van der Waals surface area contributed by atoms with Crippen LogP contribution >= 0.6 is 0 Å². The second-order valence-corrected chi connectivity index (χ2v) is 9.18. The molecule has 0 bridgehead atoms. The minimum absolute atomic E-state index is 0.0973. The molecule has 2 saturated heterocycles. The van der Waals surface area contributed by atoms with E-state index in [4.69, 9.17) is 28.4 Å². The highest BCUT2D eigenvalue weighted by molar-refractivity contribution is 5.90. The van der Waals surface area contributed by atoms with Gasteiger partial charge in [-0.3, -0.25) is 0 Å². The van der Waals surface area contributed by atoms with Gasteiger partial charge < -0.3 is 59.1 Å². The van der Waals surface area contributed by atoms with Crippen LogP contribution in [-0.4, -0.2) is 112 Å². The number of phenols is 1. The van der Waals surface area contributed by atoms with Crippen molar-refractivity contribution in [3.05, 3.63) is 36.1 Å². The highest BCUT2D eigenvalue weighted by Gasteiger charge is 2.77. The molecule has 6 N–H and O–H groups in total. The summed E-state index contributed by atoms with van der Waals surface area (Å²) in [6.45, 7) is -1.07. The van der Waals surface area contributed by atoms with Crippen molar-refractivity contribution in [2.75, 3.05) is 20.3 Å². The SMILES string of the molecule is COc1cc(C(=O)OC2C3O[C@]3(CO)[C@@H]3C(OC4OC(CO)C(O)C(O)C4O)OC=C[C@H]23)ccc1O. The van der Waals surface area contributed by atoms with Crippen LogP contribution in [-0.2, 0) is 23.7 Å². The molecule has 4 aliphatic rings. The van der Waals surface area contributed by atoms with Gasteiger partial charge >= 0.3 is 5.97 Å². The van der Waals surface area contributed by atoms with E-state index < -0.39 is 85.8 Å². The third-order valence-electron chi connectivity index (χ3n) is 7.26. The van der Waals surface area contributed by atoms with E-state index in [-0.39, 0.29) is 17.1 Å². The van der Waals surface area contributed by atoms with Crippen molar-refractivity contribution in [3.63, 3.8) is 0 Å². The maximum absolute atomic E-state index is 12.9. The van der Waals surface area contributed by atoms with Gasteiger partial charge in [0.05, 0.1) is 38.1 Å². The van der Waals surface area contributed by atoms with Crippen LogP contribution in [0.5, 0.6) is 11.5 Å². The van der Waals surface area contributed by atoms with Gasteiger partial charge in [0.1, 0.15) is 42.2 Å². The Balaban J connectivity index is 1.35. The van der Waals surface area contributed by atoms with Crippen LogP contribution in [0.3, 0.4) is 0 Å². The topological polar surface area (TPSA) is 197 Å². The van der Waals surface area contributed by atoms with Crippen molar-refractivity contribution in [1.29, 1.82) is 0 Å². The molecule has 198 valence electrons. The van der Waals surface area contributed by atoms with Gasteiger partial charge in [0.15, 0.2) is 17.8 Å². The number of methoxy groups -OCH3 is 1. The first kappa shape index (κ1) is 25.2. The number of benzene rings is 1. The van der Waals surface area contributed by atoms with Crippen molar-refractivity contribution in [2.24, 2.45) is 11.8 Å². The second kappa shape index (κ2) is 9.43. The van der Waals surface area contributed by atoms with Crippen LogP contribution in [0.4, 0.5) is 0 Å². The lowest BCUT2D eigenvalue weighted by Gasteiger charge is -2.43. The molecular formula is C23H28O13. The van der Waals surface area contributed by atoms with Gasteiger partial charge in [-0.15, -0.1) is 0 Å². The van der Waals surface area contributed by atoms with Crippen LogP contribution in [0, 0.1) is 11.8 Å². The highest BCUT2D eigenvalue weighted by Crippen LogP contribution is 2.60. The fourth-order valence-corrected chi connectivity index (χ4v) is 5.28. The Morgan fingerprint density at radius 3 is 2.58 bits per heavy atom. The Morgan fingerprint density at radius 2 is 1.89 bits per heavy atom. The van der Waals surface area contributed by atoms with Crippen molar-refractivity contribution in [3.8, 4) is 11.5 Å². The van der Waals surface area contributed by atoms with E-state index in [1.54, 1.807) is 6.08 Å². The zero-order valence-electron chi connectivity index (χ0n) is 19.1. The molecule has 13 heteroatoms. The molecule has 3 fully saturated rings. The zero-order valence-corrected chi connectivity index (χ0v) is 19.1. The summed E-state index contributed by atoms with van der Waals surface area (Å²) in [5, 5.41) is 59.8. The molecule has 3 heterocycles. The summed E-state index contributed by atoms with van der Waals surface area (Å²) in [4.78, 5) is 12.9. The van der Waals surface area contributed by atoms with Crippen LogP contribution in [0.15, 0.2) is 30.5 Å². The van der Waals surface area contributed by atoms with Crippen molar-refractivity contribution >= 4 is 5.97 Å². The number of rotatable bonds is 7. The van der Waals surface area contributed by atoms with Crippen LogP contribution in [0.1, 0.15) is 10.4 Å². The fourth-order valence-electron chi connectivity index (χ4n) is 5.28. The number of ether oxygens (including phenoxy) is 6. The third kappa shape index (κ3) is 3.92. The molecule has 1 aromatic carbocycles. The first-order chi connectivity index (χ1) is 17.2. The van der Waals surface area contributed by atoms with Crippen molar-refractivity contribution < 1.29 is 63.9 Å². The summed E-state index contributed by atoms with van der Waals surface area (Å²) >= 11 is 0. The average molecular weight is 512 g/mol. The lowest BCUT2D eigenvalue weighted by Crippen LogP contribution is -2.60. The standard InChI is InChI=1S/C23H28O13/c1-31-12-6-9(2-3-11(12)26)20(30)34-18-10-4-5-32-21(14(10)23(8-25)19(18)36-23)35-22-17(29)16(28)15(27)13(7-24)33-22/h2-6,10,13-19,21-22,24-29H,7-8H2,1H3/t10-,13?,14-,15?,16?,17?,18?,19?,21?,22?,23+/m0/s1. The van der Waals surface area contributed by atoms with Crippen LogP contribution in [0.2, 0.25) is 0 Å². The summed E-state index contributed by atoms with van der Waals surface area (Å²) in [6.07, 6.45) is -7.19. The minimum Gasteiger partial charge on any atom is -0.504 e. The Kier molecular flexibility index (Phi) is 6.59. The molecule has 0 amide bonds. The Morgan fingerprint density at radius 1 is 1.11 bits per heavy atom. The van der Waals surface area contributed by atoms with Gasteiger partial charge in [-0.1, -0.05) is 0 Å². The van der Waals surface area contributed by atoms with Gasteiger partial charge in [-0.25, -0.2) is 4.79 Å². The third-order valence-corrected chi connectivity index (χ3v) is 7.26. The van der Waals surface area contributed by atoms with E-state index in [1.165, 1.54) is 31.6 Å². The number of epoxide rings is 1. The maximum Gasteiger partial charge on any atom is 0.338 e. The number of esters is 1. The summed E-state index contributed by atoms with van der Waals surface area (Å²) in [7, 11) is 1.35. The predicted molar refractivity (Wildman–Crippen MR) is 114 cm³/mol. The molecule has 3 aliphatic heterocycles. The number of hydrogen-bond donors (Lipinski definition) is 6. The van der Waals surface area contributed by atoms with Crippen molar-refractivity contribution in [2.45, 2.75) is 54.8 Å². The molecular weight excluding hydrogens is 484 g/mol. The van der Waals surface area contributed by atoms with Crippen LogP contribution in [0.25, 0.3) is 0 Å². The number of fused-ring (bicyclic) bond motifs is 3. The minimum atomic E-state index is -1.66. The van der Waals surface area contributed by atoms with Crippen LogP contribution < -0.4 is 4.74 Å². The Hall–Kier alpha value is -2.49. The Bertz CT molecular complexity index is 1010. The maximum atomic E-state index is 12.9. The summed E-state index contributed by atoms with van der Waals surface area (Å²) < 4.78 is 33.4. The summed E-state index contributed by atoms with van der Waals surface area (Å²) in [5.74, 6) is -1.95. The largest absolute Gasteiger partial charge is 0.504 e. The molecule has 1 saturated carbocycles. The van der Waals surface area contributed by atoms with E-state index >= 15 is 0 Å². The lowest BCUT2D eigenvalue weighted by molar-refractivity contribution is -0.344. The predicted octanol–water partition coefficient (Wildman–Crippen LogP) is -2.01. The fraction of sp³-hybridized carbons (Fsp3) is 0.609. The number of carbonyl (C=O) groups is 1. The molecule has 0 spiro atoms. The smallest absolute Gasteiger partial charge is 0.338 e. The zero-order chi connectivity index (χ0) is 25.8. The number of aromatic hydroxyl groups is 1. The van der Waals surface area contributed by atoms with Gasteiger partial charge in [-0.2, -0.15) is 0 Å². The molecule has 0 radical (unpaired) electrons. The number of aliphatic hydroxyl groups excluding tert-OH is 5. The molecule has 1 aliphatic carbocycles. The first-order valence-corrected chi connectivity index (χ1v) is 11.4. The number of aliphatic hydroxyl groups is 5. The van der Waals surface area contributed by atoms with Gasteiger partial charge in [-0.05, 0) is 24.3 Å². The normalized spacial score (nSPS) is 42.7. The number of hydrogen-bond acceptors (Lipinski definition) is 13. The Labute approximate surface area is 205 Å². The molecule has 11 atom stereocenters. The quantitative estimate of drug-likeness (QED) is 0.173. The van der Waals surface area contributed by atoms with E-state index in [9.17, 15) is 35.4 Å². The van der Waals surface area contributed by atoms with Crippen molar-refractivity contribution in [1.82, 2.24) is 0 Å². The van der Waals surface area contributed by atoms with E-state index in [2.05, 4.69) is 0 Å². The number of phenolic OH excluding ortho intramolecular Hbond substituents is 1. The summed E-state index contributed by atoms with van der Waals surface area (Å²) in [5.41, 5.74) is -1.03. The molecule has 5 rings (SSSR count). The van der Waals surface area contributed by atoms with E-state index in [1.807, 2.05) is 0 Å². The molecule has 36 heavy (non-hydrogen) atoms. The first-order valence-electron chi connectivity index (χ1n) is 11.4. The molecule has 8 unspecified atom stereocenters. The molecule has 1 aromatic rings. The van der Waals surface area contributed by atoms with Gasteiger partial charge in [0.2, 0.25) is 6.29 Å². The van der Waals surface area contributed by atoms with Gasteiger partial charge in [0.25, 0.3) is 0 Å². The highest BCUT2D eigenvalue weighted by atomic mass is 16.8. The summed E-state index contributed by atoms with van der Waals surface area (Å²) in [6, 6.07) is 4.02. The molecule has 13 nitrogen and oxygen atoms in total. The van der Waals surface area contributed by atoms with E-state index in [0.29, 0.717) is 0 Å². The molecule has 0 aromatic heterocycles. The second-order valence-electron chi connectivity index (χ2n) is 9.18.